The van der Waals surface area contributed by atoms with Crippen LogP contribution >= 0.6 is 0 Å². The highest BCUT2D eigenvalue weighted by atomic mass is 16.6. The standard InChI is InChI=1S/C11H13N3O3/c1-11(2)4-6(12)5-3-7-8(14-17-13-7)9(15)10(5)16-11/h3,6,15H,4,12H2,1-2H3. The van der Waals surface area contributed by atoms with Gasteiger partial charge in [0.2, 0.25) is 0 Å². The van der Waals surface area contributed by atoms with Gasteiger partial charge in [0.1, 0.15) is 11.1 Å². The number of hydrogen-bond acceptors (Lipinski definition) is 6. The fourth-order valence-corrected chi connectivity index (χ4v) is 2.25. The number of aromatic nitrogens is 2. The molecule has 0 saturated carbocycles. The van der Waals surface area contributed by atoms with Gasteiger partial charge in [-0.05, 0) is 30.2 Å². The molecule has 3 N–H and O–H groups in total. The summed E-state index contributed by atoms with van der Waals surface area (Å²) in [7, 11) is 0. The van der Waals surface area contributed by atoms with E-state index in [1.807, 2.05) is 13.8 Å². The van der Waals surface area contributed by atoms with Crippen LogP contribution in [0.3, 0.4) is 0 Å². The monoisotopic (exact) mass is 235 g/mol. The molecular formula is C11H13N3O3. The average Bonchev–Trinajstić information content (AvgIpc) is 2.67. The van der Waals surface area contributed by atoms with Gasteiger partial charge in [-0.15, -0.1) is 0 Å². The van der Waals surface area contributed by atoms with E-state index in [-0.39, 0.29) is 11.8 Å². The zero-order valence-corrected chi connectivity index (χ0v) is 9.60. The molecule has 0 aliphatic carbocycles. The van der Waals surface area contributed by atoms with Crippen molar-refractivity contribution in [3.63, 3.8) is 0 Å². The first kappa shape index (κ1) is 10.3. The number of phenols is 1. The van der Waals surface area contributed by atoms with Crippen LogP contribution in [0.5, 0.6) is 11.5 Å². The second kappa shape index (κ2) is 3.10. The highest BCUT2D eigenvalue weighted by Crippen LogP contribution is 2.46. The predicted octanol–water partition coefficient (Wildman–Crippen LogP) is 1.49. The number of phenolic OH excluding ortho intramolecular Hbond substituents is 1. The van der Waals surface area contributed by atoms with Crippen molar-refractivity contribution in [1.29, 1.82) is 0 Å². The van der Waals surface area contributed by atoms with E-state index in [0.717, 1.165) is 5.56 Å². The smallest absolute Gasteiger partial charge is 0.190 e. The number of aromatic hydroxyl groups is 1. The van der Waals surface area contributed by atoms with Gasteiger partial charge < -0.3 is 15.6 Å². The molecule has 1 atom stereocenters. The number of nitrogens with two attached hydrogens (primary N) is 1. The van der Waals surface area contributed by atoms with Crippen molar-refractivity contribution in [1.82, 2.24) is 10.3 Å². The Morgan fingerprint density at radius 3 is 3.00 bits per heavy atom. The topological polar surface area (TPSA) is 94.4 Å². The van der Waals surface area contributed by atoms with Gasteiger partial charge in [-0.2, -0.15) is 0 Å². The zero-order valence-electron chi connectivity index (χ0n) is 9.60. The molecule has 0 amide bonds. The van der Waals surface area contributed by atoms with Crippen molar-refractivity contribution in [2.75, 3.05) is 0 Å². The van der Waals surface area contributed by atoms with Gasteiger partial charge in [0.05, 0.1) is 0 Å². The van der Waals surface area contributed by atoms with Gasteiger partial charge >= 0.3 is 0 Å². The van der Waals surface area contributed by atoms with Crippen LogP contribution in [0.15, 0.2) is 10.7 Å². The minimum Gasteiger partial charge on any atom is -0.503 e. The number of ether oxygens (including phenoxy) is 1. The van der Waals surface area contributed by atoms with Crippen LogP contribution < -0.4 is 10.5 Å². The quantitative estimate of drug-likeness (QED) is 0.718. The Hall–Kier alpha value is -1.82. The van der Waals surface area contributed by atoms with E-state index in [9.17, 15) is 5.11 Å². The maximum atomic E-state index is 10.1. The maximum Gasteiger partial charge on any atom is 0.190 e. The molecule has 0 radical (unpaired) electrons. The number of fused-ring (bicyclic) bond motifs is 2. The first-order chi connectivity index (χ1) is 7.98. The summed E-state index contributed by atoms with van der Waals surface area (Å²) in [5.74, 6) is 0.332. The van der Waals surface area contributed by atoms with E-state index < -0.39 is 5.60 Å². The third-order valence-electron chi connectivity index (χ3n) is 3.00. The summed E-state index contributed by atoms with van der Waals surface area (Å²) >= 11 is 0. The summed E-state index contributed by atoms with van der Waals surface area (Å²) in [4.78, 5) is 0. The summed E-state index contributed by atoms with van der Waals surface area (Å²) in [5, 5.41) is 17.4. The third-order valence-corrected chi connectivity index (χ3v) is 3.00. The zero-order chi connectivity index (χ0) is 12.2. The highest BCUT2D eigenvalue weighted by Gasteiger charge is 2.35. The van der Waals surface area contributed by atoms with Crippen LogP contribution in [-0.4, -0.2) is 21.0 Å². The first-order valence-corrected chi connectivity index (χ1v) is 5.41. The van der Waals surface area contributed by atoms with Crippen molar-refractivity contribution < 1.29 is 14.5 Å². The number of hydrogen-bond donors (Lipinski definition) is 2. The Kier molecular flexibility index (Phi) is 1.89. The molecule has 17 heavy (non-hydrogen) atoms. The lowest BCUT2D eigenvalue weighted by atomic mass is 9.90. The Labute approximate surface area is 97.3 Å². The normalized spacial score (nSPS) is 22.2. The molecule has 0 bridgehead atoms. The molecule has 0 spiro atoms. The lowest BCUT2D eigenvalue weighted by Crippen LogP contribution is -2.37. The van der Waals surface area contributed by atoms with Gasteiger partial charge in [0.15, 0.2) is 17.0 Å². The lowest BCUT2D eigenvalue weighted by molar-refractivity contribution is 0.0694. The molecule has 90 valence electrons. The highest BCUT2D eigenvalue weighted by molar-refractivity contribution is 5.84. The maximum absolute atomic E-state index is 10.1. The van der Waals surface area contributed by atoms with Gasteiger partial charge in [0, 0.05) is 18.0 Å². The molecule has 6 heteroatoms. The molecule has 2 aromatic rings. The van der Waals surface area contributed by atoms with E-state index in [0.29, 0.717) is 23.2 Å². The third kappa shape index (κ3) is 1.44. The molecule has 3 rings (SSSR count). The predicted molar refractivity (Wildman–Crippen MR) is 59.7 cm³/mol. The van der Waals surface area contributed by atoms with Gasteiger partial charge in [-0.25, -0.2) is 4.63 Å². The lowest BCUT2D eigenvalue weighted by Gasteiger charge is -2.36. The summed E-state index contributed by atoms with van der Waals surface area (Å²) in [5.41, 5.74) is 7.20. The minimum atomic E-state index is -0.408. The van der Waals surface area contributed by atoms with Crippen LogP contribution in [0.2, 0.25) is 0 Å². The molecule has 1 unspecified atom stereocenters. The number of nitrogens with zero attached hydrogens (tertiary/aromatic N) is 2. The molecule has 2 heterocycles. The number of rotatable bonds is 0. The molecule has 6 nitrogen and oxygen atoms in total. The van der Waals surface area contributed by atoms with Crippen molar-refractivity contribution >= 4 is 11.0 Å². The van der Waals surface area contributed by atoms with Gasteiger partial charge in [-0.1, -0.05) is 0 Å². The second-order valence-corrected chi connectivity index (χ2v) is 4.95. The molecule has 1 aromatic carbocycles. The molecular weight excluding hydrogens is 222 g/mol. The summed E-state index contributed by atoms with van der Waals surface area (Å²) in [6, 6.07) is 1.56. The Bertz CT molecular complexity index is 591. The van der Waals surface area contributed by atoms with Crippen LogP contribution in [0.25, 0.3) is 11.0 Å². The van der Waals surface area contributed by atoms with Crippen molar-refractivity contribution in [2.24, 2.45) is 5.73 Å². The molecule has 1 aliphatic rings. The Morgan fingerprint density at radius 2 is 2.24 bits per heavy atom. The molecule has 0 saturated heterocycles. The molecule has 1 aromatic heterocycles. The summed E-state index contributed by atoms with van der Waals surface area (Å²) < 4.78 is 10.4. The largest absolute Gasteiger partial charge is 0.503 e. The second-order valence-electron chi connectivity index (χ2n) is 4.95. The van der Waals surface area contributed by atoms with Gasteiger partial charge in [-0.3, -0.25) is 0 Å². The first-order valence-electron chi connectivity index (χ1n) is 5.41. The van der Waals surface area contributed by atoms with E-state index in [2.05, 4.69) is 14.9 Å². The van der Waals surface area contributed by atoms with Crippen LogP contribution in [0, 0.1) is 0 Å². The fraction of sp³-hybridized carbons (Fsp3) is 0.455. The SMILES string of the molecule is CC1(C)CC(N)c2cc3nonc3c(O)c2O1. The van der Waals surface area contributed by atoms with Crippen LogP contribution in [0.1, 0.15) is 31.9 Å². The average molecular weight is 235 g/mol. The van der Waals surface area contributed by atoms with Crippen LogP contribution in [-0.2, 0) is 0 Å². The van der Waals surface area contributed by atoms with Crippen molar-refractivity contribution in [2.45, 2.75) is 31.9 Å². The molecule has 1 aliphatic heterocycles. The number of benzene rings is 1. The minimum absolute atomic E-state index is 0.0537. The van der Waals surface area contributed by atoms with Crippen molar-refractivity contribution in [3.8, 4) is 11.5 Å². The van der Waals surface area contributed by atoms with E-state index in [1.165, 1.54) is 0 Å². The summed E-state index contributed by atoms with van der Waals surface area (Å²) in [6.45, 7) is 3.86. The van der Waals surface area contributed by atoms with E-state index in [4.69, 9.17) is 10.5 Å². The van der Waals surface area contributed by atoms with Gasteiger partial charge in [0.25, 0.3) is 0 Å². The fourth-order valence-electron chi connectivity index (χ4n) is 2.25. The van der Waals surface area contributed by atoms with Crippen LogP contribution in [0.4, 0.5) is 0 Å². The van der Waals surface area contributed by atoms with E-state index >= 15 is 0 Å². The molecule has 0 fully saturated rings. The Morgan fingerprint density at radius 1 is 1.47 bits per heavy atom. The summed E-state index contributed by atoms with van der Waals surface area (Å²) in [6.07, 6.45) is 0.677. The van der Waals surface area contributed by atoms with Crippen molar-refractivity contribution in [3.05, 3.63) is 11.6 Å². The Balaban J connectivity index is 2.29. The van der Waals surface area contributed by atoms with E-state index in [1.54, 1.807) is 6.07 Å².